The first-order chi connectivity index (χ1) is 12.9. The van der Waals surface area contributed by atoms with E-state index in [-0.39, 0.29) is 30.7 Å². The number of amides is 2. The van der Waals surface area contributed by atoms with Crippen LogP contribution in [0.25, 0.3) is 11.4 Å². The lowest BCUT2D eigenvalue weighted by molar-refractivity contribution is -0.142. The van der Waals surface area contributed by atoms with Crippen molar-refractivity contribution in [3.05, 3.63) is 30.6 Å². The SMILES string of the molecule is CNC(=O)C1CC(O)CN1C(=O)[C@H](C(C)C)n1cc(-c2ccccn2)nn1. The lowest BCUT2D eigenvalue weighted by atomic mass is 10.0. The third kappa shape index (κ3) is 3.82. The molecule has 1 aliphatic rings. The number of hydrogen-bond acceptors (Lipinski definition) is 6. The summed E-state index contributed by atoms with van der Waals surface area (Å²) in [6.07, 6.45) is 2.86. The van der Waals surface area contributed by atoms with Crippen LogP contribution in [-0.2, 0) is 9.59 Å². The van der Waals surface area contributed by atoms with E-state index in [9.17, 15) is 14.7 Å². The van der Waals surface area contributed by atoms with Crippen LogP contribution in [0.15, 0.2) is 30.6 Å². The fraction of sp³-hybridized carbons (Fsp3) is 0.500. The second-order valence-electron chi connectivity index (χ2n) is 7.00. The number of likely N-dealkylation sites (N-methyl/N-ethyl adjacent to an activating group) is 1. The van der Waals surface area contributed by atoms with Crippen LogP contribution in [0.1, 0.15) is 26.3 Å². The Hall–Kier alpha value is -2.81. The number of likely N-dealkylation sites (tertiary alicyclic amines) is 1. The van der Waals surface area contributed by atoms with Gasteiger partial charge in [0.1, 0.15) is 17.8 Å². The summed E-state index contributed by atoms with van der Waals surface area (Å²) in [5.74, 6) is -0.623. The molecule has 2 unspecified atom stereocenters. The van der Waals surface area contributed by atoms with Gasteiger partial charge in [-0.05, 0) is 18.1 Å². The van der Waals surface area contributed by atoms with Crippen molar-refractivity contribution in [1.82, 2.24) is 30.2 Å². The number of nitrogens with one attached hydrogen (secondary N) is 1. The molecule has 9 nitrogen and oxygen atoms in total. The minimum absolute atomic E-state index is 0.0844. The first-order valence-corrected chi connectivity index (χ1v) is 8.95. The van der Waals surface area contributed by atoms with E-state index >= 15 is 0 Å². The van der Waals surface area contributed by atoms with Gasteiger partial charge in [0.25, 0.3) is 0 Å². The molecule has 1 saturated heterocycles. The molecule has 3 heterocycles. The largest absolute Gasteiger partial charge is 0.391 e. The fourth-order valence-electron chi connectivity index (χ4n) is 3.39. The molecular formula is C18H24N6O3. The third-order valence-electron chi connectivity index (χ3n) is 4.72. The maximum absolute atomic E-state index is 13.2. The first-order valence-electron chi connectivity index (χ1n) is 8.95. The van der Waals surface area contributed by atoms with Crippen LogP contribution >= 0.6 is 0 Å². The second kappa shape index (κ2) is 7.83. The lowest BCUT2D eigenvalue weighted by Crippen LogP contribution is -2.48. The van der Waals surface area contributed by atoms with Gasteiger partial charge >= 0.3 is 0 Å². The summed E-state index contributed by atoms with van der Waals surface area (Å²) in [6, 6.07) is 4.17. The van der Waals surface area contributed by atoms with E-state index in [0.29, 0.717) is 11.4 Å². The highest BCUT2D eigenvalue weighted by Gasteiger charge is 2.42. The van der Waals surface area contributed by atoms with Crippen molar-refractivity contribution in [2.24, 2.45) is 5.92 Å². The normalized spacial score (nSPS) is 20.7. The van der Waals surface area contributed by atoms with Gasteiger partial charge in [-0.25, -0.2) is 4.68 Å². The molecule has 0 aliphatic carbocycles. The van der Waals surface area contributed by atoms with Crippen molar-refractivity contribution in [3.63, 3.8) is 0 Å². The van der Waals surface area contributed by atoms with Crippen LogP contribution in [0, 0.1) is 5.92 Å². The maximum atomic E-state index is 13.2. The summed E-state index contributed by atoms with van der Waals surface area (Å²) in [7, 11) is 1.52. The van der Waals surface area contributed by atoms with Gasteiger partial charge in [0.15, 0.2) is 0 Å². The maximum Gasteiger partial charge on any atom is 0.248 e. The van der Waals surface area contributed by atoms with Crippen molar-refractivity contribution in [2.45, 2.75) is 38.5 Å². The molecule has 27 heavy (non-hydrogen) atoms. The number of hydrogen-bond donors (Lipinski definition) is 2. The van der Waals surface area contributed by atoms with Crippen molar-refractivity contribution in [3.8, 4) is 11.4 Å². The molecule has 0 aromatic carbocycles. The minimum Gasteiger partial charge on any atom is -0.391 e. The van der Waals surface area contributed by atoms with E-state index in [1.165, 1.54) is 16.6 Å². The number of rotatable bonds is 5. The molecule has 1 aliphatic heterocycles. The van der Waals surface area contributed by atoms with Gasteiger partial charge in [0.2, 0.25) is 11.8 Å². The molecule has 3 atom stereocenters. The predicted molar refractivity (Wildman–Crippen MR) is 97.3 cm³/mol. The number of β-amino-alcohol motifs (C(OH)–C–C–N with tert-alkyl or cyclic N) is 1. The van der Waals surface area contributed by atoms with E-state index in [1.54, 1.807) is 12.4 Å². The molecule has 0 saturated carbocycles. The van der Waals surface area contributed by atoms with Gasteiger partial charge in [0.05, 0.1) is 18.0 Å². The van der Waals surface area contributed by atoms with E-state index in [4.69, 9.17) is 0 Å². The first kappa shape index (κ1) is 19.0. The van der Waals surface area contributed by atoms with Gasteiger partial charge in [-0.2, -0.15) is 0 Å². The lowest BCUT2D eigenvalue weighted by Gasteiger charge is -2.29. The molecule has 2 aromatic rings. The van der Waals surface area contributed by atoms with E-state index in [2.05, 4.69) is 20.6 Å². The number of carbonyl (C=O) groups is 2. The highest BCUT2D eigenvalue weighted by atomic mass is 16.3. The molecule has 2 N–H and O–H groups in total. The Labute approximate surface area is 157 Å². The number of pyridine rings is 1. The smallest absolute Gasteiger partial charge is 0.248 e. The number of nitrogens with zero attached hydrogens (tertiary/aromatic N) is 5. The molecule has 0 spiro atoms. The molecule has 0 bridgehead atoms. The Morgan fingerprint density at radius 1 is 1.30 bits per heavy atom. The molecule has 2 amide bonds. The molecule has 9 heteroatoms. The molecule has 1 fully saturated rings. The zero-order chi connectivity index (χ0) is 19.6. The van der Waals surface area contributed by atoms with E-state index in [1.807, 2.05) is 32.0 Å². The average Bonchev–Trinajstić information content (AvgIpc) is 3.28. The predicted octanol–water partition coefficient (Wildman–Crippen LogP) is 0.245. The van der Waals surface area contributed by atoms with Crippen LogP contribution in [0.5, 0.6) is 0 Å². The summed E-state index contributed by atoms with van der Waals surface area (Å²) in [5.41, 5.74) is 1.23. The molecule has 2 aromatic heterocycles. The molecular weight excluding hydrogens is 348 g/mol. The van der Waals surface area contributed by atoms with Gasteiger partial charge in [-0.15, -0.1) is 5.10 Å². The number of aliphatic hydroxyl groups excluding tert-OH is 1. The Balaban J connectivity index is 1.88. The highest BCUT2D eigenvalue weighted by molar-refractivity contribution is 5.90. The monoisotopic (exact) mass is 372 g/mol. The molecule has 144 valence electrons. The van der Waals surface area contributed by atoms with Crippen molar-refractivity contribution >= 4 is 11.8 Å². The summed E-state index contributed by atoms with van der Waals surface area (Å²) in [5, 5.41) is 20.8. The van der Waals surface area contributed by atoms with Crippen molar-refractivity contribution in [2.75, 3.05) is 13.6 Å². The quantitative estimate of drug-likeness (QED) is 0.778. The van der Waals surface area contributed by atoms with E-state index < -0.39 is 18.2 Å². The van der Waals surface area contributed by atoms with E-state index in [0.717, 1.165) is 0 Å². The topological polar surface area (TPSA) is 113 Å². The molecule has 0 radical (unpaired) electrons. The summed E-state index contributed by atoms with van der Waals surface area (Å²) in [4.78, 5) is 31.1. The molecule has 3 rings (SSSR count). The second-order valence-corrected chi connectivity index (χ2v) is 7.00. The number of aliphatic hydroxyl groups is 1. The highest BCUT2D eigenvalue weighted by Crippen LogP contribution is 2.27. The van der Waals surface area contributed by atoms with Crippen LogP contribution in [0.3, 0.4) is 0 Å². The van der Waals surface area contributed by atoms with Crippen LogP contribution in [0.4, 0.5) is 0 Å². The Kier molecular flexibility index (Phi) is 5.50. The average molecular weight is 372 g/mol. The van der Waals surface area contributed by atoms with Gasteiger partial charge in [0, 0.05) is 26.2 Å². The standard InChI is InChI=1S/C18H24N6O3/c1-11(2)16(18(27)23-9-12(25)8-15(23)17(26)19-3)24-10-14(21-22-24)13-6-4-5-7-20-13/h4-7,10-12,15-16,25H,8-9H2,1-3H3,(H,19,26)/t12?,15?,16-/m0/s1. The Morgan fingerprint density at radius 3 is 2.70 bits per heavy atom. The summed E-state index contributed by atoms with van der Waals surface area (Å²) < 4.78 is 1.52. The van der Waals surface area contributed by atoms with Crippen LogP contribution in [-0.4, -0.2) is 67.5 Å². The van der Waals surface area contributed by atoms with Gasteiger partial charge in [-0.1, -0.05) is 25.1 Å². The summed E-state index contributed by atoms with van der Waals surface area (Å²) >= 11 is 0. The Bertz CT molecular complexity index is 806. The number of aromatic nitrogens is 4. The zero-order valence-corrected chi connectivity index (χ0v) is 15.6. The van der Waals surface area contributed by atoms with Crippen LogP contribution in [0.2, 0.25) is 0 Å². The van der Waals surface area contributed by atoms with Crippen LogP contribution < -0.4 is 5.32 Å². The number of carbonyl (C=O) groups excluding carboxylic acids is 2. The minimum atomic E-state index is -0.719. The Morgan fingerprint density at radius 2 is 2.07 bits per heavy atom. The van der Waals surface area contributed by atoms with Gasteiger partial charge in [-0.3, -0.25) is 14.6 Å². The van der Waals surface area contributed by atoms with Crippen molar-refractivity contribution in [1.29, 1.82) is 0 Å². The van der Waals surface area contributed by atoms with Gasteiger partial charge < -0.3 is 15.3 Å². The third-order valence-corrected chi connectivity index (χ3v) is 4.72. The fourth-order valence-corrected chi connectivity index (χ4v) is 3.39. The van der Waals surface area contributed by atoms with Crippen molar-refractivity contribution < 1.29 is 14.7 Å². The zero-order valence-electron chi connectivity index (χ0n) is 15.6. The summed E-state index contributed by atoms with van der Waals surface area (Å²) in [6.45, 7) is 3.94.